The molecule has 3 N–H and O–H groups in total. The van der Waals surface area contributed by atoms with Gasteiger partial charge in [-0.3, -0.25) is 19.7 Å². The molecule has 4 rings (SSSR count). The van der Waals surface area contributed by atoms with Crippen LogP contribution in [0.25, 0.3) is 0 Å². The Morgan fingerprint density at radius 1 is 1.13 bits per heavy atom. The van der Waals surface area contributed by atoms with Crippen molar-refractivity contribution in [3.63, 3.8) is 0 Å². The smallest absolute Gasteiger partial charge is 0.319 e. The minimum absolute atomic E-state index is 0.162. The van der Waals surface area contributed by atoms with E-state index in [0.717, 1.165) is 11.1 Å². The fourth-order valence-corrected chi connectivity index (χ4v) is 3.84. The molecular weight excluding hydrogens is 384 g/mol. The second kappa shape index (κ2) is 7.98. The van der Waals surface area contributed by atoms with E-state index in [0.29, 0.717) is 17.7 Å². The lowest BCUT2D eigenvalue weighted by Gasteiger charge is -2.29. The van der Waals surface area contributed by atoms with Crippen molar-refractivity contribution in [2.75, 3.05) is 5.32 Å². The zero-order valence-corrected chi connectivity index (χ0v) is 16.5. The summed E-state index contributed by atoms with van der Waals surface area (Å²) < 4.78 is 0. The van der Waals surface area contributed by atoms with Crippen molar-refractivity contribution < 1.29 is 19.2 Å². The van der Waals surface area contributed by atoms with Crippen molar-refractivity contribution in [1.29, 1.82) is 0 Å². The van der Waals surface area contributed by atoms with Crippen molar-refractivity contribution in [1.82, 2.24) is 15.5 Å². The highest BCUT2D eigenvalue weighted by Gasteiger charge is 2.39. The summed E-state index contributed by atoms with van der Waals surface area (Å²) in [5.74, 6) is -1.00. The van der Waals surface area contributed by atoms with Gasteiger partial charge in [-0.1, -0.05) is 30.3 Å². The van der Waals surface area contributed by atoms with Crippen LogP contribution in [-0.2, 0) is 16.1 Å². The lowest BCUT2D eigenvalue weighted by Crippen LogP contribution is -2.52. The average molecular weight is 406 g/mol. The first-order chi connectivity index (χ1) is 14.4. The predicted molar refractivity (Wildman–Crippen MR) is 109 cm³/mol. The van der Waals surface area contributed by atoms with Crippen molar-refractivity contribution in [3.05, 3.63) is 65.2 Å². The van der Waals surface area contributed by atoms with Gasteiger partial charge in [-0.15, -0.1) is 0 Å². The van der Waals surface area contributed by atoms with Gasteiger partial charge < -0.3 is 15.5 Å². The van der Waals surface area contributed by atoms with Gasteiger partial charge in [0.15, 0.2) is 0 Å². The predicted octanol–water partition coefficient (Wildman–Crippen LogP) is 2.33. The Kier molecular flexibility index (Phi) is 5.22. The molecule has 1 saturated heterocycles. The number of nitrogens with zero attached hydrogens (tertiary/aromatic N) is 1. The Morgan fingerprint density at radius 2 is 1.90 bits per heavy atom. The summed E-state index contributed by atoms with van der Waals surface area (Å²) in [7, 11) is 0. The Balaban J connectivity index is 1.42. The van der Waals surface area contributed by atoms with E-state index in [1.54, 1.807) is 18.2 Å². The van der Waals surface area contributed by atoms with Crippen molar-refractivity contribution in [2.24, 2.45) is 0 Å². The summed E-state index contributed by atoms with van der Waals surface area (Å²) in [6.07, 6.45) is 0.526. The van der Waals surface area contributed by atoms with Crippen LogP contribution in [0.4, 0.5) is 10.5 Å². The monoisotopic (exact) mass is 406 g/mol. The first kappa shape index (κ1) is 19.6. The van der Waals surface area contributed by atoms with Crippen LogP contribution >= 0.6 is 0 Å². The minimum Gasteiger partial charge on any atom is -0.331 e. The number of carbonyl (C=O) groups excluding carboxylic acids is 4. The third kappa shape index (κ3) is 3.89. The van der Waals surface area contributed by atoms with Crippen LogP contribution in [0.3, 0.4) is 0 Å². The van der Waals surface area contributed by atoms with E-state index >= 15 is 0 Å². The minimum atomic E-state index is -0.658. The molecule has 154 valence electrons. The van der Waals surface area contributed by atoms with Crippen LogP contribution < -0.4 is 16.0 Å². The highest BCUT2D eigenvalue weighted by atomic mass is 16.2. The van der Waals surface area contributed by atoms with Gasteiger partial charge in [-0.25, -0.2) is 4.79 Å². The van der Waals surface area contributed by atoms with Crippen LogP contribution in [0.1, 0.15) is 47.3 Å². The molecule has 5 amide bonds. The molecule has 30 heavy (non-hydrogen) atoms. The fraction of sp³-hybridized carbons (Fsp3) is 0.273. The van der Waals surface area contributed by atoms with E-state index < -0.39 is 11.9 Å². The fourth-order valence-electron chi connectivity index (χ4n) is 3.84. The third-order valence-electron chi connectivity index (χ3n) is 5.43. The average Bonchev–Trinajstić information content (AvgIpc) is 3.04. The number of hydrogen-bond donors (Lipinski definition) is 3. The zero-order valence-electron chi connectivity index (χ0n) is 16.5. The highest BCUT2D eigenvalue weighted by molar-refractivity contribution is 6.05. The normalized spacial score (nSPS) is 19.2. The SMILES string of the molecule is C[C@@H](NC(=O)Nc1ccc2c(c1)CN(C1CCC(=O)NC1=O)C2=O)c1ccccc1. The van der Waals surface area contributed by atoms with Gasteiger partial charge in [-0.2, -0.15) is 0 Å². The number of piperidine rings is 1. The molecule has 2 aromatic carbocycles. The molecule has 2 aliphatic rings. The first-order valence-corrected chi connectivity index (χ1v) is 9.82. The maximum atomic E-state index is 12.7. The van der Waals surface area contributed by atoms with Crippen LogP contribution in [0.2, 0.25) is 0 Å². The summed E-state index contributed by atoms with van der Waals surface area (Å²) in [6, 6.07) is 13.5. The number of urea groups is 1. The Morgan fingerprint density at radius 3 is 2.63 bits per heavy atom. The number of amides is 5. The standard InChI is InChI=1S/C22H22N4O4/c1-13(14-5-3-2-4-6-14)23-22(30)24-16-7-8-17-15(11-16)12-26(21(17)29)18-9-10-19(27)25-20(18)28/h2-8,11,13,18H,9-10,12H2,1H3,(H2,23,24,30)(H,25,27,28)/t13-,18?/m1/s1. The molecule has 2 aliphatic heterocycles. The molecule has 0 saturated carbocycles. The Hall–Kier alpha value is -3.68. The number of nitrogens with one attached hydrogen (secondary N) is 3. The topological polar surface area (TPSA) is 108 Å². The number of anilines is 1. The van der Waals surface area contributed by atoms with Gasteiger partial charge in [-0.05, 0) is 42.7 Å². The molecule has 1 unspecified atom stereocenters. The lowest BCUT2D eigenvalue weighted by molar-refractivity contribution is -0.136. The number of fused-ring (bicyclic) bond motifs is 1. The number of imide groups is 1. The maximum absolute atomic E-state index is 12.7. The van der Waals surface area contributed by atoms with Gasteiger partial charge >= 0.3 is 6.03 Å². The number of carbonyl (C=O) groups is 4. The molecular formula is C22H22N4O4. The van der Waals surface area contributed by atoms with E-state index in [4.69, 9.17) is 0 Å². The Bertz CT molecular complexity index is 1020. The summed E-state index contributed by atoms with van der Waals surface area (Å²) in [4.78, 5) is 50.1. The largest absolute Gasteiger partial charge is 0.331 e. The third-order valence-corrected chi connectivity index (χ3v) is 5.43. The molecule has 2 atom stereocenters. The molecule has 2 heterocycles. The van der Waals surface area contributed by atoms with Crippen molar-refractivity contribution in [2.45, 2.75) is 38.4 Å². The molecule has 0 bridgehead atoms. The molecule has 0 aliphatic carbocycles. The molecule has 8 heteroatoms. The second-order valence-electron chi connectivity index (χ2n) is 7.50. The summed E-state index contributed by atoms with van der Waals surface area (Å²) in [6.45, 7) is 2.16. The van der Waals surface area contributed by atoms with Crippen molar-refractivity contribution >= 4 is 29.4 Å². The molecule has 2 aromatic rings. The lowest BCUT2D eigenvalue weighted by atomic mass is 10.0. The van der Waals surface area contributed by atoms with Gasteiger partial charge in [0.2, 0.25) is 11.8 Å². The number of hydrogen-bond acceptors (Lipinski definition) is 4. The highest BCUT2D eigenvalue weighted by Crippen LogP contribution is 2.29. The molecule has 0 radical (unpaired) electrons. The summed E-state index contributed by atoms with van der Waals surface area (Å²) in [5, 5.41) is 7.96. The van der Waals surface area contributed by atoms with Crippen LogP contribution in [0.5, 0.6) is 0 Å². The molecule has 1 fully saturated rings. The van der Waals surface area contributed by atoms with Crippen LogP contribution in [0.15, 0.2) is 48.5 Å². The van der Waals surface area contributed by atoms with E-state index in [1.165, 1.54) is 4.90 Å². The number of rotatable bonds is 4. The zero-order chi connectivity index (χ0) is 21.3. The summed E-state index contributed by atoms with van der Waals surface area (Å²) in [5.41, 5.74) is 2.79. The van der Waals surface area contributed by atoms with Gasteiger partial charge in [0, 0.05) is 24.2 Å². The Labute approximate surface area is 173 Å². The molecule has 0 aromatic heterocycles. The van der Waals surface area contributed by atoms with Gasteiger partial charge in [0.25, 0.3) is 5.91 Å². The van der Waals surface area contributed by atoms with E-state index in [9.17, 15) is 19.2 Å². The van der Waals surface area contributed by atoms with Crippen LogP contribution in [0, 0.1) is 0 Å². The maximum Gasteiger partial charge on any atom is 0.319 e. The van der Waals surface area contributed by atoms with Gasteiger partial charge in [0.1, 0.15) is 6.04 Å². The summed E-state index contributed by atoms with van der Waals surface area (Å²) >= 11 is 0. The van der Waals surface area contributed by atoms with E-state index in [-0.39, 0.29) is 36.9 Å². The first-order valence-electron chi connectivity index (χ1n) is 9.82. The van der Waals surface area contributed by atoms with Crippen molar-refractivity contribution in [3.8, 4) is 0 Å². The van der Waals surface area contributed by atoms with Crippen LogP contribution in [-0.4, -0.2) is 34.7 Å². The number of benzene rings is 2. The van der Waals surface area contributed by atoms with E-state index in [1.807, 2.05) is 37.3 Å². The quantitative estimate of drug-likeness (QED) is 0.677. The van der Waals surface area contributed by atoms with Gasteiger partial charge in [0.05, 0.1) is 6.04 Å². The second-order valence-corrected chi connectivity index (χ2v) is 7.50. The molecule has 0 spiro atoms. The van der Waals surface area contributed by atoms with E-state index in [2.05, 4.69) is 16.0 Å². The molecule has 8 nitrogen and oxygen atoms in total.